The predicted octanol–water partition coefficient (Wildman–Crippen LogP) is 2.85. The third-order valence-electron chi connectivity index (χ3n) is 2.82. The highest BCUT2D eigenvalue weighted by Gasteiger charge is 2.09. The van der Waals surface area contributed by atoms with Crippen molar-refractivity contribution in [1.29, 1.82) is 0 Å². The van der Waals surface area contributed by atoms with E-state index < -0.39 is 0 Å². The molecule has 0 aromatic carbocycles. The molecule has 0 bridgehead atoms. The Morgan fingerprint density at radius 1 is 1.26 bits per heavy atom. The normalized spacial score (nSPS) is 10.5. The third-order valence-corrected chi connectivity index (χ3v) is 3.46. The SMILES string of the molecule is CCCc1nc(NC)c(C)c(NCc2cscn2)n1. The van der Waals surface area contributed by atoms with E-state index in [2.05, 4.69) is 32.5 Å². The van der Waals surface area contributed by atoms with Crippen LogP contribution < -0.4 is 10.6 Å². The lowest BCUT2D eigenvalue weighted by molar-refractivity contribution is 0.831. The van der Waals surface area contributed by atoms with Crippen LogP contribution in [0.25, 0.3) is 0 Å². The van der Waals surface area contributed by atoms with E-state index in [9.17, 15) is 0 Å². The van der Waals surface area contributed by atoms with Crippen LogP contribution in [0.3, 0.4) is 0 Å². The molecule has 0 atom stereocenters. The van der Waals surface area contributed by atoms with Gasteiger partial charge in [-0.3, -0.25) is 0 Å². The third kappa shape index (κ3) is 3.41. The van der Waals surface area contributed by atoms with E-state index in [1.807, 2.05) is 24.9 Å². The molecule has 0 saturated heterocycles. The summed E-state index contributed by atoms with van der Waals surface area (Å²) in [5, 5.41) is 8.50. The fraction of sp³-hybridized carbons (Fsp3) is 0.462. The zero-order valence-electron chi connectivity index (χ0n) is 11.5. The maximum atomic E-state index is 4.58. The Kier molecular flexibility index (Phi) is 4.68. The molecule has 0 amide bonds. The van der Waals surface area contributed by atoms with Crippen molar-refractivity contribution in [3.05, 3.63) is 28.0 Å². The molecule has 2 rings (SSSR count). The number of hydrogen-bond donors (Lipinski definition) is 2. The minimum absolute atomic E-state index is 0.691. The van der Waals surface area contributed by atoms with Crippen LogP contribution in [-0.2, 0) is 13.0 Å². The first kappa shape index (κ1) is 13.7. The molecule has 0 aliphatic carbocycles. The van der Waals surface area contributed by atoms with Gasteiger partial charge in [0.2, 0.25) is 0 Å². The number of hydrogen-bond acceptors (Lipinski definition) is 6. The van der Waals surface area contributed by atoms with Crippen LogP contribution in [0.1, 0.15) is 30.4 Å². The standard InChI is InChI=1S/C13H19N5S/c1-4-5-11-17-12(14-3)9(2)13(18-11)15-6-10-7-19-8-16-10/h7-8H,4-6H2,1-3H3,(H2,14,15,17,18). The Bertz CT molecular complexity index is 524. The molecule has 19 heavy (non-hydrogen) atoms. The summed E-state index contributed by atoms with van der Waals surface area (Å²) in [6.07, 6.45) is 1.93. The molecular weight excluding hydrogens is 258 g/mol. The molecule has 6 heteroatoms. The van der Waals surface area contributed by atoms with Crippen molar-refractivity contribution in [3.63, 3.8) is 0 Å². The van der Waals surface area contributed by atoms with Gasteiger partial charge < -0.3 is 10.6 Å². The Hall–Kier alpha value is -1.69. The van der Waals surface area contributed by atoms with Crippen molar-refractivity contribution in [2.75, 3.05) is 17.7 Å². The minimum atomic E-state index is 0.691. The van der Waals surface area contributed by atoms with Gasteiger partial charge in [-0.15, -0.1) is 11.3 Å². The zero-order valence-corrected chi connectivity index (χ0v) is 12.3. The van der Waals surface area contributed by atoms with Gasteiger partial charge in [0.15, 0.2) is 0 Å². The van der Waals surface area contributed by atoms with Crippen molar-refractivity contribution in [3.8, 4) is 0 Å². The van der Waals surface area contributed by atoms with Crippen LogP contribution in [0.15, 0.2) is 10.9 Å². The fourth-order valence-corrected chi connectivity index (χ4v) is 2.37. The summed E-state index contributed by atoms with van der Waals surface area (Å²) in [6, 6.07) is 0. The highest BCUT2D eigenvalue weighted by molar-refractivity contribution is 7.07. The summed E-state index contributed by atoms with van der Waals surface area (Å²) in [6.45, 7) is 4.84. The second kappa shape index (κ2) is 6.47. The predicted molar refractivity (Wildman–Crippen MR) is 79.8 cm³/mol. The number of anilines is 2. The van der Waals surface area contributed by atoms with Crippen LogP contribution in [0.2, 0.25) is 0 Å². The van der Waals surface area contributed by atoms with Crippen molar-refractivity contribution in [2.45, 2.75) is 33.2 Å². The molecule has 2 aromatic heterocycles. The molecule has 5 nitrogen and oxygen atoms in total. The molecule has 102 valence electrons. The smallest absolute Gasteiger partial charge is 0.135 e. The Balaban J connectivity index is 2.19. The molecule has 0 aliphatic rings. The van der Waals surface area contributed by atoms with Crippen molar-refractivity contribution >= 4 is 23.0 Å². The first-order valence-corrected chi connectivity index (χ1v) is 7.35. The molecule has 2 N–H and O–H groups in total. The van der Waals surface area contributed by atoms with E-state index in [1.54, 1.807) is 11.3 Å². The summed E-state index contributed by atoms with van der Waals surface area (Å²) < 4.78 is 0. The van der Waals surface area contributed by atoms with Crippen LogP contribution in [-0.4, -0.2) is 22.0 Å². The number of nitrogens with one attached hydrogen (secondary N) is 2. The van der Waals surface area contributed by atoms with E-state index in [1.165, 1.54) is 0 Å². The highest BCUT2D eigenvalue weighted by atomic mass is 32.1. The van der Waals surface area contributed by atoms with Crippen molar-refractivity contribution < 1.29 is 0 Å². The minimum Gasteiger partial charge on any atom is -0.373 e. The molecule has 0 spiro atoms. The summed E-state index contributed by atoms with van der Waals surface area (Å²) in [4.78, 5) is 13.4. The largest absolute Gasteiger partial charge is 0.373 e. The van der Waals surface area contributed by atoms with E-state index >= 15 is 0 Å². The zero-order chi connectivity index (χ0) is 13.7. The molecule has 0 aliphatic heterocycles. The topological polar surface area (TPSA) is 62.7 Å². The van der Waals surface area contributed by atoms with Gasteiger partial charge in [0.25, 0.3) is 0 Å². The molecular formula is C13H19N5S. The van der Waals surface area contributed by atoms with Gasteiger partial charge in [-0.25, -0.2) is 15.0 Å². The van der Waals surface area contributed by atoms with Gasteiger partial charge in [0, 0.05) is 24.4 Å². The number of thiazole rings is 1. The molecule has 2 aromatic rings. The second-order valence-corrected chi connectivity index (χ2v) is 5.01. The average Bonchev–Trinajstić information content (AvgIpc) is 2.92. The number of rotatable bonds is 6. The summed E-state index contributed by atoms with van der Waals surface area (Å²) in [5.74, 6) is 2.65. The first-order valence-electron chi connectivity index (χ1n) is 6.40. The molecule has 0 radical (unpaired) electrons. The summed E-state index contributed by atoms with van der Waals surface area (Å²) in [7, 11) is 1.88. The fourth-order valence-electron chi connectivity index (χ4n) is 1.81. The van der Waals surface area contributed by atoms with Gasteiger partial charge in [0.05, 0.1) is 17.7 Å². The summed E-state index contributed by atoms with van der Waals surface area (Å²) in [5.41, 5.74) is 3.91. The van der Waals surface area contributed by atoms with E-state index in [-0.39, 0.29) is 0 Å². The average molecular weight is 277 g/mol. The van der Waals surface area contributed by atoms with Gasteiger partial charge in [-0.05, 0) is 13.3 Å². The lowest BCUT2D eigenvalue weighted by Crippen LogP contribution is -2.09. The van der Waals surface area contributed by atoms with Gasteiger partial charge in [-0.1, -0.05) is 6.92 Å². The molecule has 0 fully saturated rings. The monoisotopic (exact) mass is 277 g/mol. The van der Waals surface area contributed by atoms with Crippen LogP contribution in [0.4, 0.5) is 11.6 Å². The number of aryl methyl sites for hydroxylation is 1. The molecule has 2 heterocycles. The lowest BCUT2D eigenvalue weighted by Gasteiger charge is -2.13. The Morgan fingerprint density at radius 2 is 2.05 bits per heavy atom. The van der Waals surface area contributed by atoms with Crippen LogP contribution >= 0.6 is 11.3 Å². The van der Waals surface area contributed by atoms with Gasteiger partial charge >= 0.3 is 0 Å². The first-order chi connectivity index (χ1) is 9.24. The molecule has 0 saturated carbocycles. The number of nitrogens with zero attached hydrogens (tertiary/aromatic N) is 3. The highest BCUT2D eigenvalue weighted by Crippen LogP contribution is 2.20. The number of aromatic nitrogens is 3. The van der Waals surface area contributed by atoms with Crippen LogP contribution in [0.5, 0.6) is 0 Å². The van der Waals surface area contributed by atoms with E-state index in [0.29, 0.717) is 6.54 Å². The quantitative estimate of drug-likeness (QED) is 0.850. The Labute approximate surface area is 117 Å². The Morgan fingerprint density at radius 3 is 2.68 bits per heavy atom. The van der Waals surface area contributed by atoms with E-state index in [4.69, 9.17) is 0 Å². The second-order valence-electron chi connectivity index (χ2n) is 4.30. The van der Waals surface area contributed by atoms with Crippen molar-refractivity contribution in [2.24, 2.45) is 0 Å². The molecule has 0 unspecified atom stereocenters. The van der Waals surface area contributed by atoms with Crippen LogP contribution in [0, 0.1) is 6.92 Å². The van der Waals surface area contributed by atoms with Gasteiger partial charge in [0.1, 0.15) is 17.5 Å². The van der Waals surface area contributed by atoms with E-state index in [0.717, 1.165) is 41.6 Å². The lowest BCUT2D eigenvalue weighted by atomic mass is 10.2. The maximum Gasteiger partial charge on any atom is 0.135 e. The maximum absolute atomic E-state index is 4.58. The van der Waals surface area contributed by atoms with Gasteiger partial charge in [-0.2, -0.15) is 0 Å². The van der Waals surface area contributed by atoms with Crippen molar-refractivity contribution in [1.82, 2.24) is 15.0 Å². The summed E-state index contributed by atoms with van der Waals surface area (Å²) >= 11 is 1.60.